The van der Waals surface area contributed by atoms with Crippen LogP contribution in [0.5, 0.6) is 0 Å². The monoisotopic (exact) mass is 264 g/mol. The third kappa shape index (κ3) is 4.21. The molecule has 2 aromatic rings. The first-order chi connectivity index (χ1) is 8.84. The predicted octanol–water partition coefficient (Wildman–Crippen LogP) is 1.53. The van der Waals surface area contributed by atoms with Crippen molar-refractivity contribution < 1.29 is 4.42 Å². The van der Waals surface area contributed by atoms with Gasteiger partial charge in [0.25, 0.3) is 0 Å². The number of thiocarbonyl (C=S) groups is 1. The summed E-state index contributed by atoms with van der Waals surface area (Å²) in [5, 5.41) is 11.0. The summed E-state index contributed by atoms with van der Waals surface area (Å²) >= 11 is 5.15. The number of nitrogens with zero attached hydrogens (tertiary/aromatic N) is 2. The number of rotatable bonds is 6. The number of hydrogen-bond acceptors (Lipinski definition) is 3. The van der Waals surface area contributed by atoms with E-state index in [0.717, 1.165) is 25.3 Å². The van der Waals surface area contributed by atoms with Gasteiger partial charge in [-0.2, -0.15) is 5.10 Å². The molecule has 0 atom stereocenters. The van der Waals surface area contributed by atoms with Crippen LogP contribution in [0.15, 0.2) is 41.3 Å². The average molecular weight is 264 g/mol. The third-order valence-electron chi connectivity index (χ3n) is 2.41. The van der Waals surface area contributed by atoms with Crippen molar-refractivity contribution in [2.24, 2.45) is 0 Å². The van der Waals surface area contributed by atoms with Crippen molar-refractivity contribution in [1.82, 2.24) is 20.4 Å². The zero-order chi connectivity index (χ0) is 12.6. The highest BCUT2D eigenvalue weighted by atomic mass is 32.1. The van der Waals surface area contributed by atoms with E-state index in [4.69, 9.17) is 16.6 Å². The molecule has 0 amide bonds. The van der Waals surface area contributed by atoms with E-state index in [1.165, 1.54) is 0 Å². The van der Waals surface area contributed by atoms with Crippen LogP contribution in [-0.2, 0) is 13.1 Å². The smallest absolute Gasteiger partial charge is 0.166 e. The molecule has 96 valence electrons. The SMILES string of the molecule is S=C(NCCCn1cccn1)NCc1ccco1. The van der Waals surface area contributed by atoms with Gasteiger partial charge < -0.3 is 15.1 Å². The maximum atomic E-state index is 5.20. The molecule has 6 heteroatoms. The highest BCUT2D eigenvalue weighted by molar-refractivity contribution is 7.80. The van der Waals surface area contributed by atoms with E-state index in [-0.39, 0.29) is 0 Å². The van der Waals surface area contributed by atoms with Crippen molar-refractivity contribution >= 4 is 17.3 Å². The fourth-order valence-corrected chi connectivity index (χ4v) is 1.69. The first-order valence-electron chi connectivity index (χ1n) is 5.86. The molecule has 0 aliphatic carbocycles. The molecule has 0 bridgehead atoms. The first kappa shape index (κ1) is 12.6. The molecular formula is C12H16N4OS. The van der Waals surface area contributed by atoms with Crippen LogP contribution in [0.3, 0.4) is 0 Å². The average Bonchev–Trinajstić information content (AvgIpc) is 3.04. The molecule has 0 saturated carbocycles. The zero-order valence-electron chi connectivity index (χ0n) is 10.0. The Kier molecular flexibility index (Phi) is 4.78. The van der Waals surface area contributed by atoms with Gasteiger partial charge in [0, 0.05) is 25.5 Å². The van der Waals surface area contributed by atoms with E-state index in [1.54, 1.807) is 12.5 Å². The highest BCUT2D eigenvalue weighted by Crippen LogP contribution is 1.98. The van der Waals surface area contributed by atoms with E-state index in [2.05, 4.69) is 15.7 Å². The fraction of sp³-hybridized carbons (Fsp3) is 0.333. The van der Waals surface area contributed by atoms with Crippen LogP contribution < -0.4 is 10.6 Å². The van der Waals surface area contributed by atoms with Crippen LogP contribution >= 0.6 is 12.2 Å². The fourth-order valence-electron chi connectivity index (χ4n) is 1.52. The second-order valence-electron chi connectivity index (χ2n) is 3.81. The predicted molar refractivity (Wildman–Crippen MR) is 73.0 cm³/mol. The summed E-state index contributed by atoms with van der Waals surface area (Å²) in [4.78, 5) is 0. The quantitative estimate of drug-likeness (QED) is 0.612. The normalized spacial score (nSPS) is 10.2. The topological polar surface area (TPSA) is 55.0 Å². The number of hydrogen-bond donors (Lipinski definition) is 2. The lowest BCUT2D eigenvalue weighted by Gasteiger charge is -2.09. The molecule has 0 radical (unpaired) electrons. The van der Waals surface area contributed by atoms with Crippen molar-refractivity contribution in [2.45, 2.75) is 19.5 Å². The van der Waals surface area contributed by atoms with E-state index < -0.39 is 0 Å². The molecule has 2 aromatic heterocycles. The van der Waals surface area contributed by atoms with E-state index in [0.29, 0.717) is 11.7 Å². The minimum atomic E-state index is 0.609. The van der Waals surface area contributed by atoms with Gasteiger partial charge in [-0.05, 0) is 36.8 Å². The Morgan fingerprint density at radius 1 is 1.39 bits per heavy atom. The molecule has 0 unspecified atom stereocenters. The Morgan fingerprint density at radius 2 is 2.33 bits per heavy atom. The lowest BCUT2D eigenvalue weighted by molar-refractivity contribution is 0.502. The molecule has 0 fully saturated rings. The lowest BCUT2D eigenvalue weighted by Crippen LogP contribution is -2.35. The van der Waals surface area contributed by atoms with Gasteiger partial charge in [0.2, 0.25) is 0 Å². The largest absolute Gasteiger partial charge is 0.467 e. The molecule has 0 aromatic carbocycles. The maximum Gasteiger partial charge on any atom is 0.166 e. The van der Waals surface area contributed by atoms with Crippen LogP contribution in [0.4, 0.5) is 0 Å². The summed E-state index contributed by atoms with van der Waals surface area (Å²) in [6.07, 6.45) is 6.36. The third-order valence-corrected chi connectivity index (χ3v) is 2.70. The summed E-state index contributed by atoms with van der Waals surface area (Å²) in [6, 6.07) is 5.69. The number of aromatic nitrogens is 2. The molecule has 18 heavy (non-hydrogen) atoms. The van der Waals surface area contributed by atoms with Gasteiger partial charge in [-0.25, -0.2) is 0 Å². The summed E-state index contributed by atoms with van der Waals surface area (Å²) in [6.45, 7) is 2.32. The Bertz CT molecular complexity index is 452. The van der Waals surface area contributed by atoms with Crippen LogP contribution in [-0.4, -0.2) is 21.4 Å². The summed E-state index contributed by atoms with van der Waals surface area (Å²) in [5.41, 5.74) is 0. The Balaban J connectivity index is 1.55. The van der Waals surface area contributed by atoms with Crippen molar-refractivity contribution in [3.8, 4) is 0 Å². The van der Waals surface area contributed by atoms with E-state index in [1.807, 2.05) is 29.1 Å². The molecule has 0 aliphatic heterocycles. The molecule has 0 spiro atoms. The van der Waals surface area contributed by atoms with Crippen LogP contribution in [0.25, 0.3) is 0 Å². The summed E-state index contributed by atoms with van der Waals surface area (Å²) < 4.78 is 7.10. The number of furan rings is 1. The van der Waals surface area contributed by atoms with Crippen LogP contribution in [0.1, 0.15) is 12.2 Å². The number of nitrogens with one attached hydrogen (secondary N) is 2. The molecule has 0 saturated heterocycles. The van der Waals surface area contributed by atoms with Gasteiger partial charge in [0.1, 0.15) is 5.76 Å². The van der Waals surface area contributed by atoms with Gasteiger partial charge >= 0.3 is 0 Å². The van der Waals surface area contributed by atoms with Gasteiger partial charge in [-0.1, -0.05) is 0 Å². The summed E-state index contributed by atoms with van der Waals surface area (Å²) in [7, 11) is 0. The molecule has 0 aliphatic rings. The van der Waals surface area contributed by atoms with Crippen LogP contribution in [0, 0.1) is 0 Å². The molecule has 2 rings (SSSR count). The summed E-state index contributed by atoms with van der Waals surface area (Å²) in [5.74, 6) is 0.871. The number of aryl methyl sites for hydroxylation is 1. The Labute approximate surface area is 111 Å². The second kappa shape index (κ2) is 6.80. The Hall–Kier alpha value is -1.82. The maximum absolute atomic E-state index is 5.20. The van der Waals surface area contributed by atoms with Gasteiger partial charge in [0.05, 0.1) is 12.8 Å². The van der Waals surface area contributed by atoms with Crippen molar-refractivity contribution in [3.63, 3.8) is 0 Å². The van der Waals surface area contributed by atoms with E-state index in [9.17, 15) is 0 Å². The Morgan fingerprint density at radius 3 is 3.06 bits per heavy atom. The van der Waals surface area contributed by atoms with E-state index >= 15 is 0 Å². The van der Waals surface area contributed by atoms with Gasteiger partial charge in [-0.15, -0.1) is 0 Å². The zero-order valence-corrected chi connectivity index (χ0v) is 10.8. The van der Waals surface area contributed by atoms with Gasteiger partial charge in [0.15, 0.2) is 5.11 Å². The van der Waals surface area contributed by atoms with Crippen molar-refractivity contribution in [1.29, 1.82) is 0 Å². The highest BCUT2D eigenvalue weighted by Gasteiger charge is 1.98. The molecule has 5 nitrogen and oxygen atoms in total. The van der Waals surface area contributed by atoms with Gasteiger partial charge in [-0.3, -0.25) is 4.68 Å². The minimum absolute atomic E-state index is 0.609. The molecule has 2 N–H and O–H groups in total. The molecule has 2 heterocycles. The second-order valence-corrected chi connectivity index (χ2v) is 4.22. The van der Waals surface area contributed by atoms with Crippen LogP contribution in [0.2, 0.25) is 0 Å². The first-order valence-corrected chi connectivity index (χ1v) is 6.27. The molecular weight excluding hydrogens is 248 g/mol. The minimum Gasteiger partial charge on any atom is -0.467 e. The lowest BCUT2D eigenvalue weighted by atomic mass is 10.4. The standard InChI is InChI=1S/C12H16N4OS/c18-12(14-10-11-4-1-9-17-11)13-5-2-7-16-8-3-6-15-16/h1,3-4,6,8-9H,2,5,7,10H2,(H2,13,14,18). The van der Waals surface area contributed by atoms with Crippen molar-refractivity contribution in [2.75, 3.05) is 6.54 Å². The van der Waals surface area contributed by atoms with Crippen molar-refractivity contribution in [3.05, 3.63) is 42.6 Å².